The van der Waals surface area contributed by atoms with Gasteiger partial charge in [0.2, 0.25) is 11.8 Å². The second kappa shape index (κ2) is 9.48. The molecular weight excluding hydrogens is 488 g/mol. The van der Waals surface area contributed by atoms with Crippen LogP contribution < -0.4 is 5.32 Å². The van der Waals surface area contributed by atoms with Gasteiger partial charge in [-0.3, -0.25) is 24.6 Å². The number of likely N-dealkylation sites (tertiary alicyclic amines) is 1. The molecule has 3 amide bonds. The summed E-state index contributed by atoms with van der Waals surface area (Å²) in [6, 6.07) is 15.1. The van der Waals surface area contributed by atoms with Crippen LogP contribution >= 0.6 is 11.3 Å². The summed E-state index contributed by atoms with van der Waals surface area (Å²) in [6.45, 7) is 2.63. The minimum absolute atomic E-state index is 0.197. The summed E-state index contributed by atoms with van der Waals surface area (Å²) in [7, 11) is 0. The lowest BCUT2D eigenvalue weighted by molar-refractivity contribution is -0.136. The number of hydrogen-bond acceptors (Lipinski definition) is 7. The van der Waals surface area contributed by atoms with Gasteiger partial charge in [0.05, 0.1) is 5.60 Å². The van der Waals surface area contributed by atoms with Crippen LogP contribution in [0.4, 0.5) is 0 Å². The molecule has 1 atom stereocenters. The Morgan fingerprint density at radius 1 is 1.08 bits per heavy atom. The third-order valence-corrected chi connectivity index (χ3v) is 8.73. The fourth-order valence-corrected chi connectivity index (χ4v) is 6.51. The molecule has 4 heterocycles. The zero-order chi connectivity index (χ0) is 25.6. The lowest BCUT2D eigenvalue weighted by atomic mass is 9.83. The van der Waals surface area contributed by atoms with E-state index in [1.165, 1.54) is 4.88 Å². The van der Waals surface area contributed by atoms with E-state index in [1.807, 2.05) is 36.5 Å². The number of rotatable bonds is 5. The standard InChI is InChI=1S/C28H28N4O4S/c33-24-9-8-23(25(34)30-24)32-16-19-14-20(6-7-22(19)27(32)35)28(36)10-12-31(13-11-28)17-21-15-29-26(37-21)18-4-2-1-3-5-18/h1-7,14-15,23,36H,8-13,16-17H2,(H,30,33,34). The van der Waals surface area contributed by atoms with Crippen molar-refractivity contribution in [3.63, 3.8) is 0 Å². The summed E-state index contributed by atoms with van der Waals surface area (Å²) < 4.78 is 0. The van der Waals surface area contributed by atoms with Crippen LogP contribution in [0.15, 0.2) is 54.7 Å². The molecule has 3 aromatic rings. The van der Waals surface area contributed by atoms with Crippen molar-refractivity contribution in [3.05, 3.63) is 76.3 Å². The van der Waals surface area contributed by atoms with Gasteiger partial charge in [-0.05, 0) is 36.5 Å². The number of amides is 3. The Morgan fingerprint density at radius 3 is 2.62 bits per heavy atom. The first-order valence-electron chi connectivity index (χ1n) is 12.6. The van der Waals surface area contributed by atoms with Crippen molar-refractivity contribution in [2.75, 3.05) is 13.1 Å². The highest BCUT2D eigenvalue weighted by atomic mass is 32.1. The topological polar surface area (TPSA) is 103 Å². The summed E-state index contributed by atoms with van der Waals surface area (Å²) in [5.41, 5.74) is 2.36. The van der Waals surface area contributed by atoms with Crippen molar-refractivity contribution in [2.45, 2.75) is 50.4 Å². The zero-order valence-corrected chi connectivity index (χ0v) is 21.2. The Bertz CT molecular complexity index is 1360. The number of nitrogens with zero attached hydrogens (tertiary/aromatic N) is 3. The van der Waals surface area contributed by atoms with E-state index in [1.54, 1.807) is 22.3 Å². The first kappa shape index (κ1) is 24.0. The lowest BCUT2D eigenvalue weighted by Crippen LogP contribution is -2.52. The molecule has 0 aliphatic carbocycles. The number of carbonyl (C=O) groups is 3. The van der Waals surface area contributed by atoms with Crippen LogP contribution in [0.1, 0.15) is 52.0 Å². The van der Waals surface area contributed by atoms with E-state index in [4.69, 9.17) is 0 Å². The number of aliphatic hydroxyl groups is 1. The molecule has 6 rings (SSSR count). The van der Waals surface area contributed by atoms with Crippen molar-refractivity contribution in [1.29, 1.82) is 0 Å². The third kappa shape index (κ3) is 4.58. The molecule has 0 spiro atoms. The number of imide groups is 1. The largest absolute Gasteiger partial charge is 0.385 e. The number of aromatic nitrogens is 1. The molecule has 2 N–H and O–H groups in total. The third-order valence-electron chi connectivity index (χ3n) is 7.70. The molecule has 1 aromatic heterocycles. The van der Waals surface area contributed by atoms with Crippen molar-refractivity contribution >= 4 is 29.1 Å². The minimum Gasteiger partial charge on any atom is -0.385 e. The van der Waals surface area contributed by atoms with Gasteiger partial charge >= 0.3 is 0 Å². The molecule has 8 nitrogen and oxygen atoms in total. The summed E-state index contributed by atoms with van der Waals surface area (Å²) in [5, 5.41) is 14.9. The predicted octanol–water partition coefficient (Wildman–Crippen LogP) is 3.05. The number of nitrogens with one attached hydrogen (secondary N) is 1. The number of hydrogen-bond donors (Lipinski definition) is 2. The van der Waals surface area contributed by atoms with Crippen molar-refractivity contribution in [1.82, 2.24) is 20.1 Å². The normalized spacial score (nSPS) is 21.7. The predicted molar refractivity (Wildman–Crippen MR) is 138 cm³/mol. The van der Waals surface area contributed by atoms with Crippen LogP contribution in [-0.2, 0) is 28.3 Å². The van der Waals surface area contributed by atoms with Gasteiger partial charge in [-0.1, -0.05) is 42.5 Å². The molecule has 9 heteroatoms. The number of piperidine rings is 2. The average Bonchev–Trinajstić information content (AvgIpc) is 3.50. The van der Waals surface area contributed by atoms with E-state index in [0.717, 1.165) is 41.3 Å². The van der Waals surface area contributed by atoms with Gasteiger partial charge in [0.25, 0.3) is 5.91 Å². The number of thiazole rings is 1. The van der Waals surface area contributed by atoms with Crippen molar-refractivity contribution < 1.29 is 19.5 Å². The Kier molecular flexibility index (Phi) is 6.14. The van der Waals surface area contributed by atoms with Crippen molar-refractivity contribution in [2.24, 2.45) is 0 Å². The SMILES string of the molecule is O=C1CCC(N2Cc3cc(C4(O)CCN(Cc5cnc(-c6ccccc6)s5)CC4)ccc3C2=O)C(=O)N1. The van der Waals surface area contributed by atoms with E-state index < -0.39 is 17.6 Å². The summed E-state index contributed by atoms with van der Waals surface area (Å²) in [4.78, 5) is 46.5. The summed E-state index contributed by atoms with van der Waals surface area (Å²) >= 11 is 1.70. The monoisotopic (exact) mass is 516 g/mol. The summed E-state index contributed by atoms with van der Waals surface area (Å²) in [5.74, 6) is -0.911. The van der Waals surface area contributed by atoms with Crippen LogP contribution in [0.5, 0.6) is 0 Å². The van der Waals surface area contributed by atoms with Gasteiger partial charge in [-0.2, -0.15) is 0 Å². The van der Waals surface area contributed by atoms with Crippen LogP contribution in [-0.4, -0.2) is 56.7 Å². The molecule has 2 saturated heterocycles. The van der Waals surface area contributed by atoms with E-state index >= 15 is 0 Å². The Balaban J connectivity index is 1.10. The van der Waals surface area contributed by atoms with E-state index in [-0.39, 0.29) is 18.2 Å². The Hall–Kier alpha value is -3.40. The summed E-state index contributed by atoms with van der Waals surface area (Å²) in [6.07, 6.45) is 3.71. The van der Waals surface area contributed by atoms with Gasteiger partial charge in [-0.25, -0.2) is 4.98 Å². The van der Waals surface area contributed by atoms with E-state index in [9.17, 15) is 19.5 Å². The molecule has 190 valence electrons. The molecule has 2 fully saturated rings. The molecule has 37 heavy (non-hydrogen) atoms. The smallest absolute Gasteiger partial charge is 0.255 e. The average molecular weight is 517 g/mol. The van der Waals surface area contributed by atoms with Gasteiger partial charge in [0, 0.05) is 54.8 Å². The van der Waals surface area contributed by atoms with Gasteiger partial charge < -0.3 is 10.0 Å². The molecule has 0 bridgehead atoms. The fraction of sp³-hybridized carbons (Fsp3) is 0.357. The lowest BCUT2D eigenvalue weighted by Gasteiger charge is -2.38. The van der Waals surface area contributed by atoms with Crippen molar-refractivity contribution in [3.8, 4) is 10.6 Å². The van der Waals surface area contributed by atoms with Crippen LogP contribution in [0.2, 0.25) is 0 Å². The maximum atomic E-state index is 13.0. The highest BCUT2D eigenvalue weighted by Gasteiger charge is 2.40. The Morgan fingerprint density at radius 2 is 1.86 bits per heavy atom. The van der Waals surface area contributed by atoms with Gasteiger partial charge in [0.1, 0.15) is 11.0 Å². The second-order valence-corrected chi connectivity index (χ2v) is 11.2. The first-order chi connectivity index (χ1) is 17.9. The molecular formula is C28H28N4O4S. The molecule has 3 aliphatic rings. The minimum atomic E-state index is -0.959. The first-order valence-corrected chi connectivity index (χ1v) is 13.4. The van der Waals surface area contributed by atoms with Gasteiger partial charge in [-0.15, -0.1) is 11.3 Å². The molecule has 0 radical (unpaired) electrons. The van der Waals surface area contributed by atoms with Crippen LogP contribution in [0.3, 0.4) is 0 Å². The molecule has 0 saturated carbocycles. The number of fused-ring (bicyclic) bond motifs is 1. The van der Waals surface area contributed by atoms with E-state index in [2.05, 4.69) is 27.3 Å². The van der Waals surface area contributed by atoms with Gasteiger partial charge in [0.15, 0.2) is 0 Å². The highest BCUT2D eigenvalue weighted by molar-refractivity contribution is 7.15. The quantitative estimate of drug-likeness (QED) is 0.506. The molecule has 1 unspecified atom stereocenters. The fourth-order valence-electron chi connectivity index (χ4n) is 5.55. The number of benzene rings is 2. The number of carbonyl (C=O) groups excluding carboxylic acids is 3. The zero-order valence-electron chi connectivity index (χ0n) is 20.4. The molecule has 3 aliphatic heterocycles. The van der Waals surface area contributed by atoms with E-state index in [0.29, 0.717) is 31.4 Å². The highest BCUT2D eigenvalue weighted by Crippen LogP contribution is 2.37. The maximum absolute atomic E-state index is 13.0. The maximum Gasteiger partial charge on any atom is 0.255 e. The van der Waals surface area contributed by atoms with Crippen LogP contribution in [0.25, 0.3) is 10.6 Å². The van der Waals surface area contributed by atoms with Crippen LogP contribution in [0, 0.1) is 0 Å². The molecule has 2 aromatic carbocycles. The Labute approximate surface area is 218 Å². The second-order valence-electron chi connectivity index (χ2n) is 10.1.